The number of ether oxygens (including phenoxy) is 2. The zero-order valence-electron chi connectivity index (χ0n) is 11.7. The van der Waals surface area contributed by atoms with Crippen molar-refractivity contribution in [2.75, 3.05) is 31.7 Å². The van der Waals surface area contributed by atoms with E-state index in [2.05, 4.69) is 19.2 Å². The highest BCUT2D eigenvalue weighted by Crippen LogP contribution is 2.32. The summed E-state index contributed by atoms with van der Waals surface area (Å²) in [6.07, 6.45) is 1.84. The first-order chi connectivity index (χ1) is 9.17. The highest BCUT2D eigenvalue weighted by molar-refractivity contribution is 5.55. The second-order valence-corrected chi connectivity index (χ2v) is 5.39. The maximum atomic E-state index is 9.41. The Labute approximate surface area is 114 Å². The molecule has 1 aromatic rings. The Hall–Kier alpha value is -1.42. The molecule has 0 spiro atoms. The topological polar surface area (TPSA) is 50.7 Å². The molecule has 0 bridgehead atoms. The molecule has 1 atom stereocenters. The largest absolute Gasteiger partial charge is 0.490 e. The van der Waals surface area contributed by atoms with Crippen LogP contribution in [0.25, 0.3) is 0 Å². The average molecular weight is 265 g/mol. The maximum absolute atomic E-state index is 9.41. The van der Waals surface area contributed by atoms with Gasteiger partial charge < -0.3 is 19.9 Å². The lowest BCUT2D eigenvalue weighted by molar-refractivity contribution is 0.149. The predicted octanol–water partition coefficient (Wildman–Crippen LogP) is 2.67. The van der Waals surface area contributed by atoms with Gasteiger partial charge in [0.05, 0.1) is 19.8 Å². The van der Waals surface area contributed by atoms with Gasteiger partial charge >= 0.3 is 0 Å². The van der Waals surface area contributed by atoms with Crippen LogP contribution >= 0.6 is 0 Å². The molecule has 0 saturated heterocycles. The SMILES string of the molecule is CCC(C)(CO)CNc1ccc2c(c1)OCCCO2. The molecule has 0 aromatic heterocycles. The number of hydrogen-bond acceptors (Lipinski definition) is 4. The summed E-state index contributed by atoms with van der Waals surface area (Å²) in [6.45, 7) is 6.48. The van der Waals surface area contributed by atoms with Crippen molar-refractivity contribution < 1.29 is 14.6 Å². The van der Waals surface area contributed by atoms with E-state index in [-0.39, 0.29) is 12.0 Å². The average Bonchev–Trinajstić information content (AvgIpc) is 2.69. The lowest BCUT2D eigenvalue weighted by Gasteiger charge is -2.26. The highest BCUT2D eigenvalue weighted by Gasteiger charge is 2.20. The van der Waals surface area contributed by atoms with Gasteiger partial charge in [0, 0.05) is 30.1 Å². The Kier molecular flexibility index (Phi) is 4.53. The number of anilines is 1. The van der Waals surface area contributed by atoms with E-state index in [9.17, 15) is 5.11 Å². The van der Waals surface area contributed by atoms with Crippen LogP contribution in [0.3, 0.4) is 0 Å². The summed E-state index contributed by atoms with van der Waals surface area (Å²) in [4.78, 5) is 0. The van der Waals surface area contributed by atoms with Crippen LogP contribution in [-0.4, -0.2) is 31.5 Å². The van der Waals surface area contributed by atoms with Gasteiger partial charge in [-0.25, -0.2) is 0 Å². The monoisotopic (exact) mass is 265 g/mol. The molecule has 0 saturated carbocycles. The van der Waals surface area contributed by atoms with Crippen LogP contribution in [0.15, 0.2) is 18.2 Å². The van der Waals surface area contributed by atoms with Gasteiger partial charge in [-0.15, -0.1) is 0 Å². The second-order valence-electron chi connectivity index (χ2n) is 5.39. The fourth-order valence-corrected chi connectivity index (χ4v) is 1.88. The van der Waals surface area contributed by atoms with Crippen LogP contribution in [-0.2, 0) is 0 Å². The molecule has 4 heteroatoms. The van der Waals surface area contributed by atoms with Crippen LogP contribution in [0, 0.1) is 5.41 Å². The summed E-state index contributed by atoms with van der Waals surface area (Å²) in [5, 5.41) is 12.8. The molecule has 2 N–H and O–H groups in total. The number of nitrogens with one attached hydrogen (secondary N) is 1. The van der Waals surface area contributed by atoms with Gasteiger partial charge in [0.1, 0.15) is 0 Å². The maximum Gasteiger partial charge on any atom is 0.163 e. The van der Waals surface area contributed by atoms with Crippen molar-refractivity contribution in [3.8, 4) is 11.5 Å². The molecular formula is C15H23NO3. The smallest absolute Gasteiger partial charge is 0.163 e. The van der Waals surface area contributed by atoms with Crippen molar-refractivity contribution in [3.05, 3.63) is 18.2 Å². The van der Waals surface area contributed by atoms with Crippen molar-refractivity contribution in [2.45, 2.75) is 26.7 Å². The summed E-state index contributed by atoms with van der Waals surface area (Å²) in [5.74, 6) is 1.60. The number of hydrogen-bond donors (Lipinski definition) is 2. The Morgan fingerprint density at radius 1 is 1.26 bits per heavy atom. The van der Waals surface area contributed by atoms with E-state index in [0.29, 0.717) is 13.2 Å². The normalized spacial score (nSPS) is 17.4. The van der Waals surface area contributed by atoms with Crippen molar-refractivity contribution in [3.63, 3.8) is 0 Å². The van der Waals surface area contributed by atoms with Gasteiger partial charge in [-0.05, 0) is 18.6 Å². The minimum atomic E-state index is -0.0931. The van der Waals surface area contributed by atoms with E-state index in [4.69, 9.17) is 9.47 Å². The summed E-state index contributed by atoms with van der Waals surface area (Å²) in [5.41, 5.74) is 0.904. The number of aliphatic hydroxyl groups excluding tert-OH is 1. The highest BCUT2D eigenvalue weighted by atomic mass is 16.5. The van der Waals surface area contributed by atoms with Gasteiger partial charge in [-0.1, -0.05) is 13.8 Å². The molecule has 0 amide bonds. The van der Waals surface area contributed by atoms with Crippen LogP contribution in [0.4, 0.5) is 5.69 Å². The van der Waals surface area contributed by atoms with Crippen LogP contribution in [0.5, 0.6) is 11.5 Å². The third-order valence-corrected chi connectivity index (χ3v) is 3.70. The van der Waals surface area contributed by atoms with Crippen LogP contribution in [0.2, 0.25) is 0 Å². The molecule has 0 radical (unpaired) electrons. The molecule has 106 valence electrons. The van der Waals surface area contributed by atoms with Crippen molar-refractivity contribution in [1.29, 1.82) is 0 Å². The number of aliphatic hydroxyl groups is 1. The molecule has 1 aromatic carbocycles. The Morgan fingerprint density at radius 2 is 2.00 bits per heavy atom. The first kappa shape index (κ1) is 14.0. The number of fused-ring (bicyclic) bond motifs is 1. The van der Waals surface area contributed by atoms with E-state index < -0.39 is 0 Å². The van der Waals surface area contributed by atoms with Gasteiger partial charge in [0.2, 0.25) is 0 Å². The first-order valence-electron chi connectivity index (χ1n) is 6.91. The molecule has 1 heterocycles. The summed E-state index contributed by atoms with van der Waals surface area (Å²) in [6, 6.07) is 5.89. The minimum absolute atomic E-state index is 0.0931. The molecule has 1 aliphatic rings. The molecule has 2 rings (SSSR count). The van der Waals surface area contributed by atoms with Crippen molar-refractivity contribution in [2.24, 2.45) is 5.41 Å². The van der Waals surface area contributed by atoms with E-state index in [1.165, 1.54) is 0 Å². The third-order valence-electron chi connectivity index (χ3n) is 3.70. The molecule has 1 unspecified atom stereocenters. The first-order valence-corrected chi connectivity index (χ1v) is 6.91. The molecule has 0 fully saturated rings. The molecule has 4 nitrogen and oxygen atoms in total. The third kappa shape index (κ3) is 3.53. The molecule has 0 aliphatic carbocycles. The fourth-order valence-electron chi connectivity index (χ4n) is 1.88. The van der Waals surface area contributed by atoms with Crippen molar-refractivity contribution in [1.82, 2.24) is 0 Å². The lowest BCUT2D eigenvalue weighted by atomic mass is 9.88. The van der Waals surface area contributed by atoms with Gasteiger partial charge in [-0.3, -0.25) is 0 Å². The Balaban J connectivity index is 2.04. The quantitative estimate of drug-likeness (QED) is 0.859. The van der Waals surface area contributed by atoms with E-state index in [0.717, 1.165) is 36.6 Å². The molecule has 1 aliphatic heterocycles. The van der Waals surface area contributed by atoms with Crippen molar-refractivity contribution >= 4 is 5.69 Å². The van der Waals surface area contributed by atoms with E-state index >= 15 is 0 Å². The van der Waals surface area contributed by atoms with Crippen LogP contribution in [0.1, 0.15) is 26.7 Å². The van der Waals surface area contributed by atoms with Gasteiger partial charge in [-0.2, -0.15) is 0 Å². The van der Waals surface area contributed by atoms with E-state index in [1.54, 1.807) is 0 Å². The lowest BCUT2D eigenvalue weighted by Crippen LogP contribution is -2.29. The predicted molar refractivity (Wildman–Crippen MR) is 76.0 cm³/mol. The number of benzene rings is 1. The zero-order chi connectivity index (χ0) is 13.7. The van der Waals surface area contributed by atoms with Gasteiger partial charge in [0.15, 0.2) is 11.5 Å². The standard InChI is InChI=1S/C15H23NO3/c1-3-15(2,11-17)10-16-12-5-6-13-14(9-12)19-8-4-7-18-13/h5-6,9,16-17H,3-4,7-8,10-11H2,1-2H3. The zero-order valence-corrected chi connectivity index (χ0v) is 11.7. The molecule has 19 heavy (non-hydrogen) atoms. The van der Waals surface area contributed by atoms with Gasteiger partial charge in [0.25, 0.3) is 0 Å². The summed E-state index contributed by atoms with van der Waals surface area (Å²) < 4.78 is 11.3. The fraction of sp³-hybridized carbons (Fsp3) is 0.600. The number of rotatable bonds is 5. The Morgan fingerprint density at radius 3 is 2.68 bits per heavy atom. The summed E-state index contributed by atoms with van der Waals surface area (Å²) >= 11 is 0. The summed E-state index contributed by atoms with van der Waals surface area (Å²) in [7, 11) is 0. The second kappa shape index (κ2) is 6.15. The molecular weight excluding hydrogens is 242 g/mol. The van der Waals surface area contributed by atoms with E-state index in [1.807, 2.05) is 18.2 Å². The minimum Gasteiger partial charge on any atom is -0.490 e. The Bertz CT molecular complexity index is 416. The van der Waals surface area contributed by atoms with Crippen LogP contribution < -0.4 is 14.8 Å².